The molecule has 0 heterocycles. The molecule has 5 fully saturated rings. The van der Waals surface area contributed by atoms with E-state index in [2.05, 4.69) is 48.5 Å². The largest absolute Gasteiger partial charge is 0.393 e. The SMILES string of the molecule is CC(C)C(=O)CC[C@@H](C)[C@H]1CC[C@@]2(C)C3CCC4C(C)(C)[C@@H](O)CC[C@@]45C[C@@]35CC[C@]12C. The van der Waals surface area contributed by atoms with Crippen LogP contribution in [0.2, 0.25) is 0 Å². The van der Waals surface area contributed by atoms with Gasteiger partial charge in [-0.1, -0.05) is 48.5 Å². The van der Waals surface area contributed by atoms with Gasteiger partial charge in [0.2, 0.25) is 0 Å². The van der Waals surface area contributed by atoms with Crippen molar-refractivity contribution in [3.8, 4) is 0 Å². The number of hydrogen-bond acceptors (Lipinski definition) is 2. The summed E-state index contributed by atoms with van der Waals surface area (Å²) < 4.78 is 0. The van der Waals surface area contributed by atoms with Gasteiger partial charge in [-0.2, -0.15) is 0 Å². The van der Waals surface area contributed by atoms with Crippen molar-refractivity contribution in [2.75, 3.05) is 0 Å². The fourth-order valence-corrected chi connectivity index (χ4v) is 11.2. The van der Waals surface area contributed by atoms with E-state index in [1.165, 1.54) is 51.4 Å². The lowest BCUT2D eigenvalue weighted by atomic mass is 9.41. The van der Waals surface area contributed by atoms with Gasteiger partial charge in [0.05, 0.1) is 6.10 Å². The minimum absolute atomic E-state index is 0.0874. The summed E-state index contributed by atoms with van der Waals surface area (Å²) in [6.45, 7) is 16.7. The van der Waals surface area contributed by atoms with E-state index >= 15 is 0 Å². The quantitative estimate of drug-likeness (QED) is 0.481. The maximum Gasteiger partial charge on any atom is 0.135 e. The van der Waals surface area contributed by atoms with Crippen LogP contribution in [0.3, 0.4) is 0 Å². The lowest BCUT2D eigenvalue weighted by Gasteiger charge is -2.63. The number of aliphatic hydroxyl groups excluding tert-OH is 1. The highest BCUT2D eigenvalue weighted by atomic mass is 16.3. The first-order chi connectivity index (χ1) is 14.9. The van der Waals surface area contributed by atoms with Crippen molar-refractivity contribution < 1.29 is 9.90 Å². The maximum atomic E-state index is 12.3. The molecule has 2 heteroatoms. The van der Waals surface area contributed by atoms with Gasteiger partial charge in [0.25, 0.3) is 0 Å². The van der Waals surface area contributed by atoms with Gasteiger partial charge in [0, 0.05) is 12.3 Å². The van der Waals surface area contributed by atoms with Crippen molar-refractivity contribution in [3.05, 3.63) is 0 Å². The van der Waals surface area contributed by atoms with Crippen molar-refractivity contribution in [1.82, 2.24) is 0 Å². The normalized spacial score (nSPS) is 51.9. The molecule has 5 aliphatic rings. The molecule has 1 N–H and O–H groups in total. The molecule has 182 valence electrons. The van der Waals surface area contributed by atoms with Gasteiger partial charge in [-0.15, -0.1) is 0 Å². The average Bonchev–Trinajstić information content (AvgIpc) is 3.31. The Morgan fingerprint density at radius 2 is 1.50 bits per heavy atom. The molecule has 0 bridgehead atoms. The Bertz CT molecular complexity index is 784. The van der Waals surface area contributed by atoms with Crippen LogP contribution in [0.15, 0.2) is 0 Å². The van der Waals surface area contributed by atoms with E-state index in [4.69, 9.17) is 0 Å². The summed E-state index contributed by atoms with van der Waals surface area (Å²) >= 11 is 0. The lowest BCUT2D eigenvalue weighted by molar-refractivity contribution is -0.161. The van der Waals surface area contributed by atoms with Gasteiger partial charge in [-0.05, 0) is 115 Å². The zero-order valence-corrected chi connectivity index (χ0v) is 22.1. The Labute approximate surface area is 197 Å². The summed E-state index contributed by atoms with van der Waals surface area (Å²) in [5.74, 6) is 3.67. The van der Waals surface area contributed by atoms with Crippen molar-refractivity contribution in [1.29, 1.82) is 0 Å². The fraction of sp³-hybridized carbons (Fsp3) is 0.967. The van der Waals surface area contributed by atoms with E-state index in [0.29, 0.717) is 33.4 Å². The molecule has 32 heavy (non-hydrogen) atoms. The smallest absolute Gasteiger partial charge is 0.135 e. The van der Waals surface area contributed by atoms with Crippen LogP contribution >= 0.6 is 0 Å². The van der Waals surface area contributed by atoms with Crippen LogP contribution < -0.4 is 0 Å². The summed E-state index contributed by atoms with van der Waals surface area (Å²) in [7, 11) is 0. The third-order valence-corrected chi connectivity index (χ3v) is 13.3. The predicted molar refractivity (Wildman–Crippen MR) is 131 cm³/mol. The third kappa shape index (κ3) is 2.71. The molecule has 5 saturated carbocycles. The maximum absolute atomic E-state index is 12.3. The topological polar surface area (TPSA) is 37.3 Å². The molecular weight excluding hydrogens is 392 g/mol. The molecule has 0 aromatic carbocycles. The van der Waals surface area contributed by atoms with Gasteiger partial charge in [-0.3, -0.25) is 4.79 Å². The van der Waals surface area contributed by atoms with Crippen LogP contribution in [0.5, 0.6) is 0 Å². The van der Waals surface area contributed by atoms with E-state index in [9.17, 15) is 9.90 Å². The molecule has 0 radical (unpaired) electrons. The lowest BCUT2D eigenvalue weighted by Crippen LogP contribution is -2.57. The Morgan fingerprint density at radius 3 is 2.19 bits per heavy atom. The van der Waals surface area contributed by atoms with Crippen LogP contribution in [-0.2, 0) is 4.79 Å². The number of ketones is 1. The number of rotatable bonds is 5. The van der Waals surface area contributed by atoms with E-state index in [1.54, 1.807) is 0 Å². The van der Waals surface area contributed by atoms with Crippen LogP contribution in [0.1, 0.15) is 119 Å². The van der Waals surface area contributed by atoms with Gasteiger partial charge < -0.3 is 5.11 Å². The van der Waals surface area contributed by atoms with Crippen molar-refractivity contribution in [2.24, 2.45) is 56.7 Å². The molecule has 2 nitrogen and oxygen atoms in total. The summed E-state index contributed by atoms with van der Waals surface area (Å²) in [5.41, 5.74) is 2.10. The minimum Gasteiger partial charge on any atom is -0.393 e. The second kappa shape index (κ2) is 7.08. The van der Waals surface area contributed by atoms with Gasteiger partial charge in [0.1, 0.15) is 5.78 Å². The Morgan fingerprint density at radius 1 is 0.844 bits per heavy atom. The summed E-state index contributed by atoms with van der Waals surface area (Å²) in [4.78, 5) is 12.3. The zero-order chi connectivity index (χ0) is 23.3. The Kier molecular flexibility index (Phi) is 5.17. The monoisotopic (exact) mass is 442 g/mol. The van der Waals surface area contributed by atoms with Crippen LogP contribution in [0, 0.1) is 56.7 Å². The first kappa shape index (κ1) is 23.4. The molecule has 0 aliphatic heterocycles. The zero-order valence-electron chi connectivity index (χ0n) is 22.1. The fourth-order valence-electron chi connectivity index (χ4n) is 11.2. The number of aliphatic hydroxyl groups is 1. The van der Waals surface area contributed by atoms with Crippen molar-refractivity contribution in [3.63, 3.8) is 0 Å². The number of Topliss-reactive ketones (excluding diaryl/α,β-unsaturated/α-hetero) is 1. The molecule has 2 spiro atoms. The first-order valence-electron chi connectivity index (χ1n) is 14.1. The highest BCUT2D eigenvalue weighted by Gasteiger charge is 2.82. The van der Waals surface area contributed by atoms with Crippen molar-refractivity contribution in [2.45, 2.75) is 125 Å². The molecular formula is C30H50O2. The van der Waals surface area contributed by atoms with Crippen LogP contribution in [0.25, 0.3) is 0 Å². The molecule has 2 unspecified atom stereocenters. The van der Waals surface area contributed by atoms with Gasteiger partial charge in [-0.25, -0.2) is 0 Å². The Hall–Kier alpha value is -0.370. The second-order valence-electron chi connectivity index (χ2n) is 14.7. The molecule has 5 aliphatic carbocycles. The molecule has 0 aromatic rings. The van der Waals surface area contributed by atoms with Crippen LogP contribution in [-0.4, -0.2) is 17.0 Å². The summed E-state index contributed by atoms with van der Waals surface area (Å²) in [5, 5.41) is 10.8. The summed E-state index contributed by atoms with van der Waals surface area (Å²) in [6, 6.07) is 0. The summed E-state index contributed by atoms with van der Waals surface area (Å²) in [6.07, 6.45) is 13.8. The van der Waals surface area contributed by atoms with Gasteiger partial charge >= 0.3 is 0 Å². The number of carbonyl (C=O) groups is 1. The van der Waals surface area contributed by atoms with Crippen molar-refractivity contribution >= 4 is 5.78 Å². The van der Waals surface area contributed by atoms with E-state index < -0.39 is 0 Å². The molecule has 9 atom stereocenters. The minimum atomic E-state index is -0.109. The number of fused-ring (bicyclic) bond motifs is 2. The molecule has 0 saturated heterocycles. The first-order valence-corrected chi connectivity index (χ1v) is 14.1. The second-order valence-corrected chi connectivity index (χ2v) is 14.7. The molecule has 0 aromatic heterocycles. The van der Waals surface area contributed by atoms with Gasteiger partial charge in [0.15, 0.2) is 0 Å². The highest BCUT2D eigenvalue weighted by Crippen LogP contribution is 2.89. The Balaban J connectivity index is 1.39. The standard InChI is InChI=1S/C30H50O2/c1-19(2)22(31)9-8-20(3)21-12-14-28(7)24-11-10-23-26(4,5)25(32)13-15-29(23)18-30(24,29)17-16-27(21,28)6/h19-21,23-25,32H,8-18H2,1-7H3/t20-,21-,23?,24?,25+,27-,28+,29-,30+/m1/s1. The third-order valence-electron chi connectivity index (χ3n) is 13.3. The molecule has 0 amide bonds. The molecule has 5 rings (SSSR count). The number of carbonyl (C=O) groups excluding carboxylic acids is 1. The highest BCUT2D eigenvalue weighted by molar-refractivity contribution is 5.80. The predicted octanol–water partition coefficient (Wildman–Crippen LogP) is 7.43. The average molecular weight is 443 g/mol. The van der Waals surface area contributed by atoms with E-state index in [0.717, 1.165) is 37.0 Å². The van der Waals surface area contributed by atoms with Crippen LogP contribution in [0.4, 0.5) is 0 Å². The van der Waals surface area contributed by atoms with E-state index in [1.807, 2.05) is 0 Å². The van der Waals surface area contributed by atoms with E-state index in [-0.39, 0.29) is 17.4 Å². The number of hydrogen-bond donors (Lipinski definition) is 1.